The Morgan fingerprint density at radius 1 is 0.556 bits per heavy atom. The highest BCUT2D eigenvalue weighted by atomic mass is 16.2. The summed E-state index contributed by atoms with van der Waals surface area (Å²) in [7, 11) is 0. The lowest BCUT2D eigenvalue weighted by molar-refractivity contribution is -0.151. The van der Waals surface area contributed by atoms with Gasteiger partial charge in [-0.05, 0) is 22.3 Å². The normalized spacial score (nSPS) is 20.8. The van der Waals surface area contributed by atoms with Gasteiger partial charge in [-0.1, -0.05) is 121 Å². The zero-order valence-corrected chi connectivity index (χ0v) is 20.1. The summed E-state index contributed by atoms with van der Waals surface area (Å²) in [5.41, 5.74) is 10.2. The van der Waals surface area contributed by atoms with E-state index in [9.17, 15) is 9.59 Å². The van der Waals surface area contributed by atoms with Gasteiger partial charge in [0.15, 0.2) is 0 Å². The molecule has 4 heteroatoms. The number of benzene rings is 4. The van der Waals surface area contributed by atoms with Crippen molar-refractivity contribution in [2.75, 3.05) is 0 Å². The molecule has 0 radical (unpaired) electrons. The number of nitrogens with zero attached hydrogens (tertiary/aromatic N) is 1. The average molecular weight is 475 g/mol. The third-order valence-corrected chi connectivity index (χ3v) is 7.27. The second kappa shape index (κ2) is 10.6. The summed E-state index contributed by atoms with van der Waals surface area (Å²) < 4.78 is 0. The largest absolute Gasteiger partial charge is 0.369 e. The van der Waals surface area contributed by atoms with E-state index in [0.29, 0.717) is 13.1 Å². The fourth-order valence-electron chi connectivity index (χ4n) is 5.62. The maximum atomic E-state index is 14.3. The van der Waals surface area contributed by atoms with Crippen LogP contribution in [0.5, 0.6) is 0 Å². The molecule has 4 aromatic carbocycles. The van der Waals surface area contributed by atoms with Gasteiger partial charge in [0.2, 0.25) is 11.8 Å². The van der Waals surface area contributed by atoms with Gasteiger partial charge >= 0.3 is 0 Å². The van der Waals surface area contributed by atoms with Crippen molar-refractivity contribution in [3.05, 3.63) is 144 Å². The van der Waals surface area contributed by atoms with E-state index in [1.54, 1.807) is 0 Å². The van der Waals surface area contributed by atoms with Gasteiger partial charge in [-0.25, -0.2) is 0 Å². The third-order valence-electron chi connectivity index (χ3n) is 7.27. The van der Waals surface area contributed by atoms with Crippen LogP contribution in [0.25, 0.3) is 0 Å². The van der Waals surface area contributed by atoms with Gasteiger partial charge in [-0.2, -0.15) is 0 Å². The molecule has 0 spiro atoms. The maximum Gasteiger partial charge on any atom is 0.227 e. The van der Waals surface area contributed by atoms with E-state index < -0.39 is 17.7 Å². The highest BCUT2D eigenvalue weighted by Gasteiger charge is 2.58. The van der Waals surface area contributed by atoms with E-state index in [2.05, 4.69) is 12.1 Å². The fraction of sp³-hybridized carbons (Fsp3) is 0.188. The van der Waals surface area contributed by atoms with Crippen LogP contribution in [0.1, 0.15) is 34.1 Å². The van der Waals surface area contributed by atoms with E-state index in [0.717, 1.165) is 22.3 Å². The molecule has 2 N–H and O–H groups in total. The number of rotatable bonds is 8. The van der Waals surface area contributed by atoms with Crippen molar-refractivity contribution < 1.29 is 9.59 Å². The average Bonchev–Trinajstić information content (AvgIpc) is 2.90. The molecule has 1 fully saturated rings. The van der Waals surface area contributed by atoms with Crippen LogP contribution in [0.2, 0.25) is 0 Å². The number of hydrogen-bond acceptors (Lipinski definition) is 2. The summed E-state index contributed by atoms with van der Waals surface area (Å²) in [5, 5.41) is 0. The Bertz CT molecular complexity index is 1250. The van der Waals surface area contributed by atoms with E-state index in [1.165, 1.54) is 0 Å². The second-order valence-corrected chi connectivity index (χ2v) is 9.49. The molecule has 2 amide bonds. The lowest BCUT2D eigenvalue weighted by atomic mass is 9.51. The van der Waals surface area contributed by atoms with E-state index >= 15 is 0 Å². The standard InChI is InChI=1S/C32H30N2O2/c33-31(35)29-27(25-17-9-3-10-18-25)28(26-19-11-4-12-20-26)30(29)32(36)34(21-23-13-5-1-6-14-23)22-24-15-7-2-8-16-24/h1-20,27-30H,21-22H2,(H2,33,35). The monoisotopic (exact) mass is 474 g/mol. The molecular weight excluding hydrogens is 444 g/mol. The summed E-state index contributed by atoms with van der Waals surface area (Å²) in [5.74, 6) is -1.83. The molecule has 1 aliphatic carbocycles. The van der Waals surface area contributed by atoms with Crippen molar-refractivity contribution in [1.82, 2.24) is 4.90 Å². The second-order valence-electron chi connectivity index (χ2n) is 9.49. The summed E-state index contributed by atoms with van der Waals surface area (Å²) in [6, 6.07) is 40.0. The first-order valence-corrected chi connectivity index (χ1v) is 12.4. The summed E-state index contributed by atoms with van der Waals surface area (Å²) in [6.07, 6.45) is 0. The van der Waals surface area contributed by atoms with Gasteiger partial charge in [0, 0.05) is 24.9 Å². The van der Waals surface area contributed by atoms with Crippen LogP contribution >= 0.6 is 0 Å². The van der Waals surface area contributed by atoms with Crippen LogP contribution in [-0.2, 0) is 22.7 Å². The molecule has 5 rings (SSSR count). The van der Waals surface area contributed by atoms with Gasteiger partial charge in [0.25, 0.3) is 0 Å². The van der Waals surface area contributed by atoms with E-state index in [1.807, 2.05) is 114 Å². The minimum absolute atomic E-state index is 0.0347. The van der Waals surface area contributed by atoms with Gasteiger partial charge in [-0.15, -0.1) is 0 Å². The molecule has 4 unspecified atom stereocenters. The number of carbonyl (C=O) groups is 2. The fourth-order valence-corrected chi connectivity index (χ4v) is 5.62. The van der Waals surface area contributed by atoms with Gasteiger partial charge in [0.05, 0.1) is 11.8 Å². The number of nitrogens with two attached hydrogens (primary N) is 1. The molecule has 4 aromatic rings. The molecule has 0 aliphatic heterocycles. The van der Waals surface area contributed by atoms with Crippen molar-refractivity contribution in [3.8, 4) is 0 Å². The molecule has 1 aliphatic rings. The van der Waals surface area contributed by atoms with Gasteiger partial charge < -0.3 is 10.6 Å². The molecule has 4 atom stereocenters. The maximum absolute atomic E-state index is 14.3. The predicted octanol–water partition coefficient (Wildman–Crippen LogP) is 5.51. The van der Waals surface area contributed by atoms with E-state index in [4.69, 9.17) is 5.73 Å². The van der Waals surface area contributed by atoms with Crippen LogP contribution in [0.15, 0.2) is 121 Å². The molecule has 0 aromatic heterocycles. The zero-order chi connectivity index (χ0) is 24.9. The van der Waals surface area contributed by atoms with Crippen molar-refractivity contribution in [2.24, 2.45) is 17.6 Å². The first-order valence-electron chi connectivity index (χ1n) is 12.4. The Kier molecular flexibility index (Phi) is 6.94. The van der Waals surface area contributed by atoms with Crippen LogP contribution in [-0.4, -0.2) is 16.7 Å². The Morgan fingerprint density at radius 3 is 1.31 bits per heavy atom. The Labute approximate surface area is 212 Å². The number of hydrogen-bond donors (Lipinski definition) is 1. The van der Waals surface area contributed by atoms with Crippen LogP contribution in [0, 0.1) is 11.8 Å². The molecule has 1 saturated carbocycles. The Morgan fingerprint density at radius 2 is 0.917 bits per heavy atom. The number of carbonyl (C=O) groups excluding carboxylic acids is 2. The molecular formula is C32H30N2O2. The smallest absolute Gasteiger partial charge is 0.227 e. The quantitative estimate of drug-likeness (QED) is 0.366. The Hall–Kier alpha value is -4.18. The molecule has 0 heterocycles. The third kappa shape index (κ3) is 4.80. The topological polar surface area (TPSA) is 63.4 Å². The molecule has 0 bridgehead atoms. The van der Waals surface area contributed by atoms with E-state index in [-0.39, 0.29) is 17.7 Å². The predicted molar refractivity (Wildman–Crippen MR) is 142 cm³/mol. The van der Waals surface area contributed by atoms with Crippen LogP contribution in [0.4, 0.5) is 0 Å². The Balaban J connectivity index is 1.54. The van der Waals surface area contributed by atoms with Crippen molar-refractivity contribution in [1.29, 1.82) is 0 Å². The first-order chi connectivity index (χ1) is 17.6. The minimum atomic E-state index is -0.570. The van der Waals surface area contributed by atoms with Crippen molar-refractivity contribution in [3.63, 3.8) is 0 Å². The molecule has 180 valence electrons. The lowest BCUT2D eigenvalue weighted by Gasteiger charge is -2.51. The zero-order valence-electron chi connectivity index (χ0n) is 20.1. The van der Waals surface area contributed by atoms with Crippen molar-refractivity contribution in [2.45, 2.75) is 24.9 Å². The van der Waals surface area contributed by atoms with Crippen LogP contribution < -0.4 is 5.73 Å². The van der Waals surface area contributed by atoms with Gasteiger partial charge in [-0.3, -0.25) is 9.59 Å². The van der Waals surface area contributed by atoms with Crippen molar-refractivity contribution >= 4 is 11.8 Å². The number of primary amides is 1. The molecule has 0 saturated heterocycles. The minimum Gasteiger partial charge on any atom is -0.369 e. The summed E-state index contributed by atoms with van der Waals surface area (Å²) in [4.78, 5) is 29.1. The molecule has 36 heavy (non-hydrogen) atoms. The van der Waals surface area contributed by atoms with Crippen LogP contribution in [0.3, 0.4) is 0 Å². The molecule has 4 nitrogen and oxygen atoms in total. The first kappa shape index (κ1) is 23.6. The highest BCUT2D eigenvalue weighted by Crippen LogP contribution is 2.58. The summed E-state index contributed by atoms with van der Waals surface area (Å²) >= 11 is 0. The SMILES string of the molecule is NC(=O)C1C(C(=O)N(Cc2ccccc2)Cc2ccccc2)C(c2ccccc2)C1c1ccccc1. The van der Waals surface area contributed by atoms with Gasteiger partial charge in [0.1, 0.15) is 0 Å². The summed E-state index contributed by atoms with van der Waals surface area (Å²) in [6.45, 7) is 0.933. The highest BCUT2D eigenvalue weighted by molar-refractivity contribution is 5.91. The number of amides is 2. The lowest BCUT2D eigenvalue weighted by Crippen LogP contribution is -2.56.